The number of para-hydroxylation sites is 1. The molecule has 0 saturated heterocycles. The maximum atomic E-state index is 5.84. The molecule has 0 aliphatic carbocycles. The van der Waals surface area contributed by atoms with Gasteiger partial charge in [-0.05, 0) is 63.1 Å². The Morgan fingerprint density at radius 3 is 2.25 bits per heavy atom. The lowest BCUT2D eigenvalue weighted by Crippen LogP contribution is -2.35. The molecule has 0 heterocycles. The molecular weight excluding hydrogens is 246 g/mol. The van der Waals surface area contributed by atoms with E-state index in [0.717, 1.165) is 18.0 Å². The molecule has 2 aromatic rings. The molecule has 0 bridgehead atoms. The smallest absolute Gasteiger partial charge is 0.127 e. The average Bonchev–Trinajstić information content (AvgIpc) is 2.38. The number of nitrogens with one attached hydrogen (secondary N) is 1. The van der Waals surface area contributed by atoms with Crippen LogP contribution in [0.2, 0.25) is 0 Å². The molecule has 0 fully saturated rings. The monoisotopic (exact) mass is 269 g/mol. The number of ether oxygens (including phenoxy) is 1. The van der Waals surface area contributed by atoms with Crippen LogP contribution in [0.15, 0.2) is 48.5 Å². The minimum Gasteiger partial charge on any atom is -0.457 e. The van der Waals surface area contributed by atoms with Crippen molar-refractivity contribution < 1.29 is 4.74 Å². The van der Waals surface area contributed by atoms with Gasteiger partial charge in [0.1, 0.15) is 11.5 Å². The van der Waals surface area contributed by atoms with E-state index in [2.05, 4.69) is 45.1 Å². The van der Waals surface area contributed by atoms with Crippen molar-refractivity contribution in [3.63, 3.8) is 0 Å². The Hall–Kier alpha value is -1.80. The fraction of sp³-hybridized carbons (Fsp3) is 0.333. The zero-order valence-electron chi connectivity index (χ0n) is 12.7. The Bertz CT molecular complexity index is 555. The second-order valence-corrected chi connectivity index (χ2v) is 6.11. The number of rotatable bonds is 4. The van der Waals surface area contributed by atoms with E-state index in [1.807, 2.05) is 36.4 Å². The van der Waals surface area contributed by atoms with E-state index in [-0.39, 0.29) is 5.54 Å². The molecule has 0 aliphatic heterocycles. The van der Waals surface area contributed by atoms with Crippen LogP contribution < -0.4 is 10.1 Å². The lowest BCUT2D eigenvalue weighted by Gasteiger charge is -2.21. The number of hydrogen-bond acceptors (Lipinski definition) is 2. The van der Waals surface area contributed by atoms with Gasteiger partial charge in [-0.1, -0.05) is 24.3 Å². The summed E-state index contributed by atoms with van der Waals surface area (Å²) in [4.78, 5) is 0. The van der Waals surface area contributed by atoms with Crippen LogP contribution in [0.3, 0.4) is 0 Å². The second-order valence-electron chi connectivity index (χ2n) is 6.11. The molecule has 2 heteroatoms. The van der Waals surface area contributed by atoms with E-state index in [4.69, 9.17) is 4.74 Å². The van der Waals surface area contributed by atoms with Gasteiger partial charge in [0, 0.05) is 12.1 Å². The van der Waals surface area contributed by atoms with Crippen molar-refractivity contribution >= 4 is 0 Å². The molecule has 0 amide bonds. The molecular formula is C18H23NO. The van der Waals surface area contributed by atoms with Crippen molar-refractivity contribution in [2.24, 2.45) is 0 Å². The maximum Gasteiger partial charge on any atom is 0.127 e. The van der Waals surface area contributed by atoms with Crippen LogP contribution in [0, 0.1) is 6.92 Å². The Morgan fingerprint density at radius 1 is 0.950 bits per heavy atom. The fourth-order valence-electron chi connectivity index (χ4n) is 1.92. The lowest BCUT2D eigenvalue weighted by atomic mass is 10.1. The predicted molar refractivity (Wildman–Crippen MR) is 84.3 cm³/mol. The molecule has 2 rings (SSSR count). The van der Waals surface area contributed by atoms with E-state index < -0.39 is 0 Å². The van der Waals surface area contributed by atoms with Gasteiger partial charge in [0.05, 0.1) is 0 Å². The SMILES string of the molecule is Cc1cc(Oc2ccccc2)ccc1CNC(C)(C)C. The molecule has 106 valence electrons. The molecule has 0 atom stereocenters. The van der Waals surface area contributed by atoms with Gasteiger partial charge >= 0.3 is 0 Å². The number of hydrogen-bond donors (Lipinski definition) is 1. The summed E-state index contributed by atoms with van der Waals surface area (Å²) in [5.74, 6) is 1.75. The molecule has 0 aromatic heterocycles. The van der Waals surface area contributed by atoms with Gasteiger partial charge in [0.2, 0.25) is 0 Å². The summed E-state index contributed by atoms with van der Waals surface area (Å²) in [7, 11) is 0. The largest absolute Gasteiger partial charge is 0.457 e. The van der Waals surface area contributed by atoms with E-state index in [9.17, 15) is 0 Å². The van der Waals surface area contributed by atoms with Crippen LogP contribution >= 0.6 is 0 Å². The molecule has 0 unspecified atom stereocenters. The molecule has 2 nitrogen and oxygen atoms in total. The molecule has 0 spiro atoms. The van der Waals surface area contributed by atoms with Crippen molar-refractivity contribution in [3.8, 4) is 11.5 Å². The lowest BCUT2D eigenvalue weighted by molar-refractivity contribution is 0.423. The van der Waals surface area contributed by atoms with Gasteiger partial charge in [-0.25, -0.2) is 0 Å². The van der Waals surface area contributed by atoms with Crippen molar-refractivity contribution in [2.45, 2.75) is 39.8 Å². The first-order chi connectivity index (χ1) is 9.44. The third-order valence-corrected chi connectivity index (χ3v) is 3.10. The molecule has 20 heavy (non-hydrogen) atoms. The zero-order chi connectivity index (χ0) is 14.6. The molecule has 0 radical (unpaired) electrons. The minimum absolute atomic E-state index is 0.131. The number of benzene rings is 2. The van der Waals surface area contributed by atoms with Gasteiger partial charge in [-0.3, -0.25) is 0 Å². The van der Waals surface area contributed by atoms with E-state index in [1.54, 1.807) is 0 Å². The van der Waals surface area contributed by atoms with Crippen molar-refractivity contribution in [3.05, 3.63) is 59.7 Å². The van der Waals surface area contributed by atoms with E-state index in [1.165, 1.54) is 11.1 Å². The quantitative estimate of drug-likeness (QED) is 0.870. The topological polar surface area (TPSA) is 21.3 Å². The summed E-state index contributed by atoms with van der Waals surface area (Å²) in [5.41, 5.74) is 2.68. The van der Waals surface area contributed by atoms with Crippen molar-refractivity contribution in [1.29, 1.82) is 0 Å². The highest BCUT2D eigenvalue weighted by Gasteiger charge is 2.09. The third kappa shape index (κ3) is 4.39. The summed E-state index contributed by atoms with van der Waals surface area (Å²) in [6.45, 7) is 9.53. The van der Waals surface area contributed by atoms with Gasteiger partial charge in [0.25, 0.3) is 0 Å². The summed E-state index contributed by atoms with van der Waals surface area (Å²) >= 11 is 0. The Morgan fingerprint density at radius 2 is 1.65 bits per heavy atom. The highest BCUT2D eigenvalue weighted by atomic mass is 16.5. The predicted octanol–water partition coefficient (Wildman–Crippen LogP) is 4.68. The first-order valence-electron chi connectivity index (χ1n) is 7.01. The van der Waals surface area contributed by atoms with Crippen molar-refractivity contribution in [1.82, 2.24) is 5.32 Å². The van der Waals surface area contributed by atoms with Crippen LogP contribution in [0.25, 0.3) is 0 Å². The van der Waals surface area contributed by atoms with Gasteiger partial charge in [-0.2, -0.15) is 0 Å². The van der Waals surface area contributed by atoms with E-state index >= 15 is 0 Å². The van der Waals surface area contributed by atoms with Crippen LogP contribution in [-0.4, -0.2) is 5.54 Å². The Balaban J connectivity index is 2.06. The normalized spacial score (nSPS) is 11.4. The zero-order valence-corrected chi connectivity index (χ0v) is 12.7. The molecule has 1 N–H and O–H groups in total. The highest BCUT2D eigenvalue weighted by Crippen LogP contribution is 2.23. The van der Waals surface area contributed by atoms with Crippen LogP contribution in [0.5, 0.6) is 11.5 Å². The number of aryl methyl sites for hydroxylation is 1. The minimum atomic E-state index is 0.131. The molecule has 2 aromatic carbocycles. The summed E-state index contributed by atoms with van der Waals surface area (Å²) in [6.07, 6.45) is 0. The summed E-state index contributed by atoms with van der Waals surface area (Å²) < 4.78 is 5.84. The first kappa shape index (κ1) is 14.6. The van der Waals surface area contributed by atoms with Gasteiger partial charge in [0.15, 0.2) is 0 Å². The summed E-state index contributed by atoms with van der Waals surface area (Å²) in [6, 6.07) is 16.1. The maximum absolute atomic E-state index is 5.84. The third-order valence-electron chi connectivity index (χ3n) is 3.10. The molecule has 0 saturated carbocycles. The van der Waals surface area contributed by atoms with Crippen LogP contribution in [0.1, 0.15) is 31.9 Å². The van der Waals surface area contributed by atoms with E-state index in [0.29, 0.717) is 0 Å². The van der Waals surface area contributed by atoms with Crippen molar-refractivity contribution in [2.75, 3.05) is 0 Å². The summed E-state index contributed by atoms with van der Waals surface area (Å²) in [5, 5.41) is 3.51. The first-order valence-corrected chi connectivity index (χ1v) is 7.01. The van der Waals surface area contributed by atoms with Gasteiger partial charge in [-0.15, -0.1) is 0 Å². The average molecular weight is 269 g/mol. The second kappa shape index (κ2) is 6.10. The molecule has 0 aliphatic rings. The Labute approximate surface area is 121 Å². The Kier molecular flexibility index (Phi) is 4.46. The van der Waals surface area contributed by atoms with Gasteiger partial charge < -0.3 is 10.1 Å². The van der Waals surface area contributed by atoms with Crippen LogP contribution in [0.4, 0.5) is 0 Å². The fourth-order valence-corrected chi connectivity index (χ4v) is 1.92. The highest BCUT2D eigenvalue weighted by molar-refractivity contribution is 5.37. The van der Waals surface area contributed by atoms with Crippen LogP contribution in [-0.2, 0) is 6.54 Å². The standard InChI is InChI=1S/C18H23NO/c1-14-12-17(20-16-8-6-5-7-9-16)11-10-15(14)13-19-18(2,3)4/h5-12,19H,13H2,1-4H3.